The van der Waals surface area contributed by atoms with Crippen LogP contribution in [0, 0.1) is 5.41 Å². The van der Waals surface area contributed by atoms with Gasteiger partial charge in [-0.2, -0.15) is 13.2 Å². The molecule has 0 aliphatic rings. The Kier molecular flexibility index (Phi) is 3.95. The maximum Gasteiger partial charge on any atom is 0.416 e. The van der Waals surface area contributed by atoms with Crippen molar-refractivity contribution < 1.29 is 23.1 Å². The molecule has 0 bridgehead atoms. The number of aromatic nitrogens is 3. The van der Waals surface area contributed by atoms with Crippen molar-refractivity contribution in [2.75, 3.05) is 0 Å². The summed E-state index contributed by atoms with van der Waals surface area (Å²) in [5, 5.41) is 16.7. The van der Waals surface area contributed by atoms with Crippen LogP contribution in [0.2, 0.25) is 0 Å². The summed E-state index contributed by atoms with van der Waals surface area (Å²) in [7, 11) is 0. The van der Waals surface area contributed by atoms with Gasteiger partial charge in [-0.15, -0.1) is 5.10 Å². The molecule has 0 radical (unpaired) electrons. The quantitative estimate of drug-likeness (QED) is 0.942. The van der Waals surface area contributed by atoms with Crippen molar-refractivity contribution in [1.29, 1.82) is 0 Å². The van der Waals surface area contributed by atoms with E-state index < -0.39 is 23.1 Å². The molecule has 0 saturated heterocycles. The van der Waals surface area contributed by atoms with E-state index in [1.54, 1.807) is 13.8 Å². The van der Waals surface area contributed by atoms with Gasteiger partial charge in [0.2, 0.25) is 0 Å². The lowest BCUT2D eigenvalue weighted by atomic mass is 9.88. The van der Waals surface area contributed by atoms with Crippen LogP contribution in [0.25, 0.3) is 5.69 Å². The molecule has 0 saturated carbocycles. The number of benzene rings is 1. The fraction of sp³-hybridized carbons (Fsp3) is 0.357. The molecule has 0 unspecified atom stereocenters. The molecule has 2 aromatic rings. The lowest BCUT2D eigenvalue weighted by Gasteiger charge is -2.16. The summed E-state index contributed by atoms with van der Waals surface area (Å²) >= 11 is 0. The van der Waals surface area contributed by atoms with E-state index in [0.717, 1.165) is 12.1 Å². The van der Waals surface area contributed by atoms with Crippen molar-refractivity contribution in [1.82, 2.24) is 15.0 Å². The van der Waals surface area contributed by atoms with E-state index in [1.165, 1.54) is 23.0 Å². The summed E-state index contributed by atoms with van der Waals surface area (Å²) in [5.74, 6) is -0.961. The van der Waals surface area contributed by atoms with Gasteiger partial charge in [0.1, 0.15) is 0 Å². The highest BCUT2D eigenvalue weighted by Gasteiger charge is 2.30. The summed E-state index contributed by atoms with van der Waals surface area (Å²) in [4.78, 5) is 11.1. The van der Waals surface area contributed by atoms with E-state index in [1.807, 2.05) is 0 Å². The fourth-order valence-electron chi connectivity index (χ4n) is 1.84. The second-order valence-corrected chi connectivity index (χ2v) is 5.56. The lowest BCUT2D eigenvalue weighted by Crippen LogP contribution is -2.26. The smallest absolute Gasteiger partial charge is 0.416 e. The third kappa shape index (κ3) is 3.44. The van der Waals surface area contributed by atoms with Crippen LogP contribution in [0.1, 0.15) is 25.1 Å². The summed E-state index contributed by atoms with van der Waals surface area (Å²) in [5.41, 5.74) is -0.878. The SMILES string of the molecule is CC(C)(Cc1cn(-c2ccc(C(F)(F)F)cc2)nn1)C(=O)O. The molecule has 0 fully saturated rings. The maximum absolute atomic E-state index is 12.5. The van der Waals surface area contributed by atoms with Gasteiger partial charge in [-0.25, -0.2) is 4.68 Å². The first-order valence-corrected chi connectivity index (χ1v) is 6.42. The number of hydrogen-bond acceptors (Lipinski definition) is 3. The average Bonchev–Trinajstić information content (AvgIpc) is 2.85. The summed E-state index contributed by atoms with van der Waals surface area (Å²) in [6.07, 6.45) is -2.71. The molecule has 1 aromatic carbocycles. The molecular formula is C14H14F3N3O2. The van der Waals surface area contributed by atoms with Gasteiger partial charge in [0.05, 0.1) is 28.6 Å². The molecule has 5 nitrogen and oxygen atoms in total. The van der Waals surface area contributed by atoms with E-state index in [9.17, 15) is 18.0 Å². The second-order valence-electron chi connectivity index (χ2n) is 5.56. The minimum absolute atomic E-state index is 0.170. The normalized spacial score (nSPS) is 12.4. The predicted octanol–water partition coefficient (Wildman–Crippen LogP) is 2.94. The molecule has 0 aliphatic heterocycles. The standard InChI is InChI=1S/C14H14F3N3O2/c1-13(2,12(21)22)7-10-8-20(19-18-10)11-5-3-9(4-6-11)14(15,16)17/h3-6,8H,7H2,1-2H3,(H,21,22). The van der Waals surface area contributed by atoms with E-state index in [0.29, 0.717) is 11.4 Å². The monoisotopic (exact) mass is 313 g/mol. The topological polar surface area (TPSA) is 68.0 Å². The number of halogens is 3. The minimum Gasteiger partial charge on any atom is -0.481 e. The fourth-order valence-corrected chi connectivity index (χ4v) is 1.84. The number of carbonyl (C=O) groups is 1. The van der Waals surface area contributed by atoms with E-state index in [4.69, 9.17) is 5.11 Å². The Morgan fingerprint density at radius 2 is 1.82 bits per heavy atom. The van der Waals surface area contributed by atoms with Gasteiger partial charge in [-0.1, -0.05) is 5.21 Å². The molecular weight excluding hydrogens is 299 g/mol. The lowest BCUT2D eigenvalue weighted by molar-refractivity contribution is -0.146. The van der Waals surface area contributed by atoms with Crippen LogP contribution < -0.4 is 0 Å². The Morgan fingerprint density at radius 1 is 1.23 bits per heavy atom. The van der Waals surface area contributed by atoms with Crippen molar-refractivity contribution in [2.24, 2.45) is 5.41 Å². The number of aliphatic carboxylic acids is 1. The van der Waals surface area contributed by atoms with E-state index >= 15 is 0 Å². The van der Waals surface area contributed by atoms with Gasteiger partial charge in [-0.05, 0) is 38.1 Å². The molecule has 0 spiro atoms. The third-order valence-electron chi connectivity index (χ3n) is 3.20. The first-order chi connectivity index (χ1) is 10.1. The molecule has 2 rings (SSSR count). The number of hydrogen-bond donors (Lipinski definition) is 1. The number of rotatable bonds is 4. The molecule has 1 N–H and O–H groups in total. The minimum atomic E-state index is -4.39. The Balaban J connectivity index is 2.20. The number of carboxylic acid groups (broad SMARTS) is 1. The van der Waals surface area contributed by atoms with Gasteiger partial charge in [0.25, 0.3) is 0 Å². The number of alkyl halides is 3. The molecule has 0 amide bonds. The van der Waals surface area contributed by atoms with Crippen molar-refractivity contribution >= 4 is 5.97 Å². The van der Waals surface area contributed by atoms with Gasteiger partial charge in [0.15, 0.2) is 0 Å². The van der Waals surface area contributed by atoms with Crippen molar-refractivity contribution in [3.63, 3.8) is 0 Å². The van der Waals surface area contributed by atoms with Gasteiger partial charge in [0, 0.05) is 6.42 Å². The van der Waals surface area contributed by atoms with Crippen molar-refractivity contribution in [3.05, 3.63) is 41.7 Å². The highest BCUT2D eigenvalue weighted by molar-refractivity contribution is 5.73. The zero-order valence-electron chi connectivity index (χ0n) is 11.9. The molecule has 1 aromatic heterocycles. The highest BCUT2D eigenvalue weighted by atomic mass is 19.4. The number of carboxylic acids is 1. The predicted molar refractivity (Wildman–Crippen MR) is 71.5 cm³/mol. The van der Waals surface area contributed by atoms with Gasteiger partial charge < -0.3 is 5.11 Å². The largest absolute Gasteiger partial charge is 0.481 e. The zero-order valence-corrected chi connectivity index (χ0v) is 11.9. The summed E-state index contributed by atoms with van der Waals surface area (Å²) < 4.78 is 38.8. The van der Waals surface area contributed by atoms with Crippen LogP contribution in [-0.4, -0.2) is 26.1 Å². The Morgan fingerprint density at radius 3 is 2.32 bits per heavy atom. The van der Waals surface area contributed by atoms with Crippen LogP contribution in [0.15, 0.2) is 30.5 Å². The molecule has 118 valence electrons. The molecule has 8 heteroatoms. The Labute approximate surface area is 124 Å². The Hall–Kier alpha value is -2.38. The molecule has 0 aliphatic carbocycles. The summed E-state index contributed by atoms with van der Waals surface area (Å²) in [6.45, 7) is 3.12. The first-order valence-electron chi connectivity index (χ1n) is 6.42. The van der Waals surface area contributed by atoms with Crippen LogP contribution in [0.3, 0.4) is 0 Å². The van der Waals surface area contributed by atoms with Crippen molar-refractivity contribution in [2.45, 2.75) is 26.4 Å². The maximum atomic E-state index is 12.5. The summed E-state index contributed by atoms with van der Waals surface area (Å²) in [6, 6.07) is 4.48. The van der Waals surface area contributed by atoms with Crippen LogP contribution in [-0.2, 0) is 17.4 Å². The third-order valence-corrected chi connectivity index (χ3v) is 3.20. The highest BCUT2D eigenvalue weighted by Crippen LogP contribution is 2.29. The van der Waals surface area contributed by atoms with Crippen LogP contribution in [0.4, 0.5) is 13.2 Å². The second kappa shape index (κ2) is 5.43. The van der Waals surface area contributed by atoms with Crippen LogP contribution >= 0.6 is 0 Å². The van der Waals surface area contributed by atoms with Gasteiger partial charge in [-0.3, -0.25) is 4.79 Å². The first kappa shape index (κ1) is 16.0. The molecule has 1 heterocycles. The van der Waals surface area contributed by atoms with E-state index in [2.05, 4.69) is 10.3 Å². The Bertz CT molecular complexity index is 675. The average molecular weight is 313 g/mol. The molecule has 0 atom stereocenters. The van der Waals surface area contributed by atoms with Gasteiger partial charge >= 0.3 is 12.1 Å². The van der Waals surface area contributed by atoms with Crippen molar-refractivity contribution in [3.8, 4) is 5.69 Å². The zero-order chi connectivity index (χ0) is 16.5. The number of nitrogens with zero attached hydrogens (tertiary/aromatic N) is 3. The van der Waals surface area contributed by atoms with E-state index in [-0.39, 0.29) is 6.42 Å². The van der Waals surface area contributed by atoms with Crippen LogP contribution in [0.5, 0.6) is 0 Å². The molecule has 22 heavy (non-hydrogen) atoms.